The SMILES string of the molecule is C=C(C)C(=O)NC(CC)CCO. The van der Waals surface area contributed by atoms with Crippen LogP contribution in [0.2, 0.25) is 0 Å². The van der Waals surface area contributed by atoms with Gasteiger partial charge in [0.05, 0.1) is 0 Å². The van der Waals surface area contributed by atoms with E-state index in [0.29, 0.717) is 12.0 Å². The maximum Gasteiger partial charge on any atom is 0.246 e. The summed E-state index contributed by atoms with van der Waals surface area (Å²) < 4.78 is 0. The van der Waals surface area contributed by atoms with Crippen LogP contribution in [0.3, 0.4) is 0 Å². The van der Waals surface area contributed by atoms with Gasteiger partial charge in [0, 0.05) is 18.2 Å². The summed E-state index contributed by atoms with van der Waals surface area (Å²) in [6.45, 7) is 7.27. The van der Waals surface area contributed by atoms with Gasteiger partial charge in [0.25, 0.3) is 0 Å². The first-order chi connectivity index (χ1) is 5.61. The van der Waals surface area contributed by atoms with E-state index in [1.165, 1.54) is 0 Å². The van der Waals surface area contributed by atoms with Crippen molar-refractivity contribution in [1.29, 1.82) is 0 Å². The first kappa shape index (κ1) is 11.2. The van der Waals surface area contributed by atoms with Crippen LogP contribution in [0.1, 0.15) is 26.7 Å². The van der Waals surface area contributed by atoms with E-state index in [1.807, 2.05) is 6.92 Å². The van der Waals surface area contributed by atoms with Gasteiger partial charge in [-0.2, -0.15) is 0 Å². The summed E-state index contributed by atoms with van der Waals surface area (Å²) in [4.78, 5) is 11.1. The number of hydrogen-bond donors (Lipinski definition) is 2. The lowest BCUT2D eigenvalue weighted by molar-refractivity contribution is -0.118. The highest BCUT2D eigenvalue weighted by Gasteiger charge is 2.09. The molecule has 0 fully saturated rings. The molecule has 2 N–H and O–H groups in total. The number of hydrogen-bond acceptors (Lipinski definition) is 2. The van der Waals surface area contributed by atoms with Crippen LogP contribution in [0.25, 0.3) is 0 Å². The number of aliphatic hydroxyl groups is 1. The summed E-state index contributed by atoms with van der Waals surface area (Å²) in [6.07, 6.45) is 1.44. The monoisotopic (exact) mass is 171 g/mol. The fourth-order valence-electron chi connectivity index (χ4n) is 0.843. The van der Waals surface area contributed by atoms with E-state index in [2.05, 4.69) is 11.9 Å². The lowest BCUT2D eigenvalue weighted by Crippen LogP contribution is -2.35. The maximum absolute atomic E-state index is 11.1. The average molecular weight is 171 g/mol. The molecule has 0 aliphatic rings. The molecule has 0 aliphatic carbocycles. The lowest BCUT2D eigenvalue weighted by atomic mass is 10.1. The zero-order valence-corrected chi connectivity index (χ0v) is 7.76. The minimum Gasteiger partial charge on any atom is -0.396 e. The molecule has 1 amide bonds. The average Bonchev–Trinajstić information content (AvgIpc) is 2.03. The van der Waals surface area contributed by atoms with Crippen LogP contribution in [0, 0.1) is 0 Å². The molecule has 0 rings (SSSR count). The van der Waals surface area contributed by atoms with Crippen molar-refractivity contribution in [3.05, 3.63) is 12.2 Å². The number of carbonyl (C=O) groups excluding carboxylic acids is 1. The van der Waals surface area contributed by atoms with Crippen LogP contribution in [0.15, 0.2) is 12.2 Å². The summed E-state index contributed by atoms with van der Waals surface area (Å²) in [5.74, 6) is -0.129. The fraction of sp³-hybridized carbons (Fsp3) is 0.667. The zero-order valence-electron chi connectivity index (χ0n) is 7.76. The van der Waals surface area contributed by atoms with E-state index in [0.717, 1.165) is 6.42 Å². The van der Waals surface area contributed by atoms with E-state index in [-0.39, 0.29) is 18.6 Å². The van der Waals surface area contributed by atoms with Gasteiger partial charge < -0.3 is 10.4 Å². The normalized spacial score (nSPS) is 12.2. The molecule has 0 radical (unpaired) electrons. The fourth-order valence-corrected chi connectivity index (χ4v) is 0.843. The molecule has 0 heterocycles. The second kappa shape index (κ2) is 5.77. The molecule has 1 atom stereocenters. The van der Waals surface area contributed by atoms with Crippen LogP contribution in [0.5, 0.6) is 0 Å². The Morgan fingerprint density at radius 2 is 2.25 bits per heavy atom. The molecular weight excluding hydrogens is 154 g/mol. The molecule has 70 valence electrons. The molecule has 1 unspecified atom stereocenters. The molecule has 0 aromatic carbocycles. The van der Waals surface area contributed by atoms with Crippen molar-refractivity contribution in [3.63, 3.8) is 0 Å². The summed E-state index contributed by atoms with van der Waals surface area (Å²) in [5, 5.41) is 11.4. The molecule has 0 spiro atoms. The molecule has 3 heteroatoms. The predicted octanol–water partition coefficient (Wildman–Crippen LogP) is 0.840. The standard InChI is InChI=1S/C9H17NO2/c1-4-8(5-6-11)10-9(12)7(2)3/h8,11H,2,4-6H2,1,3H3,(H,10,12). The first-order valence-corrected chi connectivity index (χ1v) is 4.19. The number of rotatable bonds is 5. The quantitative estimate of drug-likeness (QED) is 0.602. The van der Waals surface area contributed by atoms with Gasteiger partial charge in [-0.25, -0.2) is 0 Å². The molecule has 0 bridgehead atoms. The molecule has 0 saturated carbocycles. The van der Waals surface area contributed by atoms with Gasteiger partial charge >= 0.3 is 0 Å². The summed E-state index contributed by atoms with van der Waals surface area (Å²) >= 11 is 0. The molecule has 0 saturated heterocycles. The number of nitrogens with one attached hydrogen (secondary N) is 1. The summed E-state index contributed by atoms with van der Waals surface area (Å²) in [5.41, 5.74) is 0.506. The molecule has 3 nitrogen and oxygen atoms in total. The highest BCUT2D eigenvalue weighted by atomic mass is 16.3. The summed E-state index contributed by atoms with van der Waals surface area (Å²) in [7, 11) is 0. The van der Waals surface area contributed by atoms with Crippen LogP contribution in [-0.2, 0) is 4.79 Å². The Balaban J connectivity index is 3.85. The lowest BCUT2D eigenvalue weighted by Gasteiger charge is -2.15. The number of carbonyl (C=O) groups is 1. The van der Waals surface area contributed by atoms with Gasteiger partial charge in [-0.1, -0.05) is 13.5 Å². The Hall–Kier alpha value is -0.830. The highest BCUT2D eigenvalue weighted by Crippen LogP contribution is 1.98. The van der Waals surface area contributed by atoms with Crippen molar-refractivity contribution in [2.24, 2.45) is 0 Å². The molecule has 0 aliphatic heterocycles. The van der Waals surface area contributed by atoms with Gasteiger partial charge in [0.2, 0.25) is 5.91 Å². The van der Waals surface area contributed by atoms with E-state index in [4.69, 9.17) is 5.11 Å². The van der Waals surface area contributed by atoms with E-state index in [9.17, 15) is 4.79 Å². The third-order valence-electron chi connectivity index (χ3n) is 1.69. The van der Waals surface area contributed by atoms with Crippen LogP contribution >= 0.6 is 0 Å². The van der Waals surface area contributed by atoms with Crippen molar-refractivity contribution in [2.75, 3.05) is 6.61 Å². The molecule has 0 aromatic heterocycles. The van der Waals surface area contributed by atoms with Gasteiger partial charge in [0.15, 0.2) is 0 Å². The smallest absolute Gasteiger partial charge is 0.246 e. The summed E-state index contributed by atoms with van der Waals surface area (Å²) in [6, 6.07) is 0.0687. The topological polar surface area (TPSA) is 49.3 Å². The van der Waals surface area contributed by atoms with Gasteiger partial charge in [-0.15, -0.1) is 0 Å². The van der Waals surface area contributed by atoms with Crippen molar-refractivity contribution in [1.82, 2.24) is 5.32 Å². The molecular formula is C9H17NO2. The Bertz CT molecular complexity index is 166. The van der Waals surface area contributed by atoms with E-state index >= 15 is 0 Å². The largest absolute Gasteiger partial charge is 0.396 e. The first-order valence-electron chi connectivity index (χ1n) is 4.19. The van der Waals surface area contributed by atoms with E-state index in [1.54, 1.807) is 6.92 Å². The number of aliphatic hydroxyl groups excluding tert-OH is 1. The van der Waals surface area contributed by atoms with E-state index < -0.39 is 0 Å². The Labute approximate surface area is 73.5 Å². The van der Waals surface area contributed by atoms with Crippen molar-refractivity contribution >= 4 is 5.91 Å². The van der Waals surface area contributed by atoms with Gasteiger partial charge in [-0.05, 0) is 19.8 Å². The van der Waals surface area contributed by atoms with Crippen molar-refractivity contribution < 1.29 is 9.90 Å². The third-order valence-corrected chi connectivity index (χ3v) is 1.69. The zero-order chi connectivity index (χ0) is 9.56. The minimum absolute atomic E-state index is 0.0687. The minimum atomic E-state index is -0.129. The van der Waals surface area contributed by atoms with Crippen LogP contribution < -0.4 is 5.32 Å². The Morgan fingerprint density at radius 3 is 2.58 bits per heavy atom. The van der Waals surface area contributed by atoms with Gasteiger partial charge in [-0.3, -0.25) is 4.79 Å². The van der Waals surface area contributed by atoms with Gasteiger partial charge in [0.1, 0.15) is 0 Å². The molecule has 0 aromatic rings. The second-order valence-corrected chi connectivity index (χ2v) is 2.87. The van der Waals surface area contributed by atoms with Crippen LogP contribution in [0.4, 0.5) is 0 Å². The van der Waals surface area contributed by atoms with Crippen molar-refractivity contribution in [2.45, 2.75) is 32.7 Å². The third kappa shape index (κ3) is 4.13. The number of amides is 1. The predicted molar refractivity (Wildman–Crippen MR) is 48.7 cm³/mol. The second-order valence-electron chi connectivity index (χ2n) is 2.87. The maximum atomic E-state index is 11.1. The highest BCUT2D eigenvalue weighted by molar-refractivity contribution is 5.92. The Kier molecular flexibility index (Phi) is 5.37. The Morgan fingerprint density at radius 1 is 1.67 bits per heavy atom. The van der Waals surface area contributed by atoms with Crippen LogP contribution in [-0.4, -0.2) is 23.7 Å². The van der Waals surface area contributed by atoms with Crippen molar-refractivity contribution in [3.8, 4) is 0 Å². The molecule has 12 heavy (non-hydrogen) atoms.